The van der Waals surface area contributed by atoms with E-state index in [0.717, 1.165) is 0 Å². The van der Waals surface area contributed by atoms with Crippen LogP contribution in [0, 0.1) is 17.6 Å². The Labute approximate surface area is 193 Å². The Morgan fingerprint density at radius 3 is 2.59 bits per heavy atom. The molecule has 176 valence electrons. The average Bonchev–Trinajstić information content (AvgIpc) is 3.19. The van der Waals surface area contributed by atoms with Crippen molar-refractivity contribution in [3.05, 3.63) is 88.9 Å². The number of carbonyl (C=O) groups excluding carboxylic acids is 1. The first kappa shape index (κ1) is 23.4. The zero-order valence-electron chi connectivity index (χ0n) is 18.4. The lowest BCUT2D eigenvalue weighted by Crippen LogP contribution is -2.09. The molecule has 0 radical (unpaired) electrons. The number of carbonyl (C=O) groups is 1. The minimum Gasteiger partial charge on any atom is -0.488 e. The van der Waals surface area contributed by atoms with Gasteiger partial charge in [0.15, 0.2) is 0 Å². The van der Waals surface area contributed by atoms with Crippen LogP contribution in [-0.4, -0.2) is 12.6 Å². The minimum atomic E-state index is -0.813. The van der Waals surface area contributed by atoms with E-state index in [4.69, 9.17) is 19.6 Å². The van der Waals surface area contributed by atoms with E-state index in [1.165, 1.54) is 24.3 Å². The van der Waals surface area contributed by atoms with Gasteiger partial charge in [0.05, 0.1) is 13.0 Å². The standard InChI is InChI=1S/C26H22F3NO4/c1-2-32-24(31)11-16-6-7-19(27)12-22(16)33-14-15-8-18-10-23(28)34-26(18)21(9-15)20-5-3-4-17(13-30)25(20)29/h3-10,12H,2,11,13-14,30H2,1H3. The van der Waals surface area contributed by atoms with Gasteiger partial charge < -0.3 is 19.6 Å². The number of hydrogen-bond donors (Lipinski definition) is 1. The maximum absolute atomic E-state index is 15.0. The monoisotopic (exact) mass is 469 g/mol. The number of benzene rings is 3. The summed E-state index contributed by atoms with van der Waals surface area (Å²) in [4.78, 5) is 11.9. The van der Waals surface area contributed by atoms with Crippen LogP contribution < -0.4 is 10.5 Å². The number of nitrogens with two attached hydrogens (primary N) is 1. The van der Waals surface area contributed by atoms with Crippen molar-refractivity contribution in [2.24, 2.45) is 5.73 Å². The molecular formula is C26H22F3NO4. The summed E-state index contributed by atoms with van der Waals surface area (Å²) in [5.74, 6) is -1.35. The first-order valence-electron chi connectivity index (χ1n) is 10.7. The van der Waals surface area contributed by atoms with Gasteiger partial charge in [-0.2, -0.15) is 4.39 Å². The van der Waals surface area contributed by atoms with Crippen molar-refractivity contribution in [1.29, 1.82) is 0 Å². The van der Waals surface area contributed by atoms with E-state index < -0.39 is 23.6 Å². The molecule has 0 aliphatic rings. The number of ether oxygens (including phenoxy) is 2. The van der Waals surface area contributed by atoms with Crippen LogP contribution in [0.25, 0.3) is 22.1 Å². The van der Waals surface area contributed by atoms with Crippen LogP contribution in [0.5, 0.6) is 5.75 Å². The summed E-state index contributed by atoms with van der Waals surface area (Å²) in [5.41, 5.74) is 7.68. The van der Waals surface area contributed by atoms with E-state index >= 15 is 4.39 Å². The summed E-state index contributed by atoms with van der Waals surface area (Å²) in [5, 5.41) is 0.414. The molecule has 5 nitrogen and oxygen atoms in total. The summed E-state index contributed by atoms with van der Waals surface area (Å²) < 4.78 is 58.8. The molecule has 0 atom stereocenters. The Balaban J connectivity index is 1.70. The number of halogens is 3. The molecule has 3 aromatic carbocycles. The van der Waals surface area contributed by atoms with Crippen LogP contribution in [-0.2, 0) is 29.1 Å². The predicted octanol–water partition coefficient (Wildman–Crippen LogP) is 5.66. The molecule has 0 aliphatic heterocycles. The third-order valence-corrected chi connectivity index (χ3v) is 5.30. The number of fused-ring (bicyclic) bond motifs is 1. The highest BCUT2D eigenvalue weighted by molar-refractivity contribution is 5.93. The van der Waals surface area contributed by atoms with Crippen LogP contribution in [0.1, 0.15) is 23.6 Å². The van der Waals surface area contributed by atoms with Crippen LogP contribution in [0.2, 0.25) is 0 Å². The third-order valence-electron chi connectivity index (χ3n) is 5.30. The van der Waals surface area contributed by atoms with Gasteiger partial charge in [-0.15, -0.1) is 0 Å². The second-order valence-electron chi connectivity index (χ2n) is 7.62. The fourth-order valence-corrected chi connectivity index (χ4v) is 3.75. The first-order valence-corrected chi connectivity index (χ1v) is 10.7. The molecule has 34 heavy (non-hydrogen) atoms. The summed E-state index contributed by atoms with van der Waals surface area (Å²) in [6, 6.07) is 12.3. The van der Waals surface area contributed by atoms with Gasteiger partial charge in [-0.25, -0.2) is 8.78 Å². The first-order chi connectivity index (χ1) is 16.4. The smallest absolute Gasteiger partial charge is 0.310 e. The number of esters is 1. The maximum atomic E-state index is 15.0. The predicted molar refractivity (Wildman–Crippen MR) is 121 cm³/mol. The largest absolute Gasteiger partial charge is 0.488 e. The summed E-state index contributed by atoms with van der Waals surface area (Å²) in [6.07, 6.45) is -0.0855. The Bertz CT molecular complexity index is 1350. The van der Waals surface area contributed by atoms with Crippen molar-refractivity contribution in [2.75, 3.05) is 6.61 Å². The van der Waals surface area contributed by atoms with Crippen LogP contribution in [0.4, 0.5) is 13.2 Å². The molecule has 0 fully saturated rings. The number of rotatable bonds is 8. The minimum absolute atomic E-state index is 0.000940. The number of hydrogen-bond acceptors (Lipinski definition) is 5. The number of furan rings is 1. The zero-order valence-corrected chi connectivity index (χ0v) is 18.4. The van der Waals surface area contributed by atoms with Gasteiger partial charge in [0, 0.05) is 46.3 Å². The lowest BCUT2D eigenvalue weighted by molar-refractivity contribution is -0.142. The van der Waals surface area contributed by atoms with Gasteiger partial charge in [-0.1, -0.05) is 24.3 Å². The van der Waals surface area contributed by atoms with Crippen molar-refractivity contribution in [1.82, 2.24) is 0 Å². The molecule has 1 heterocycles. The second-order valence-corrected chi connectivity index (χ2v) is 7.62. The van der Waals surface area contributed by atoms with Gasteiger partial charge in [-0.3, -0.25) is 4.79 Å². The Morgan fingerprint density at radius 1 is 1.00 bits per heavy atom. The van der Waals surface area contributed by atoms with Crippen molar-refractivity contribution in [3.8, 4) is 16.9 Å². The quantitative estimate of drug-likeness (QED) is 0.337. The van der Waals surface area contributed by atoms with Gasteiger partial charge in [0.25, 0.3) is 6.01 Å². The summed E-state index contributed by atoms with van der Waals surface area (Å²) >= 11 is 0. The molecule has 0 aliphatic carbocycles. The highest BCUT2D eigenvalue weighted by Crippen LogP contribution is 2.35. The topological polar surface area (TPSA) is 74.7 Å². The molecule has 2 N–H and O–H groups in total. The van der Waals surface area contributed by atoms with E-state index in [1.54, 1.807) is 37.3 Å². The van der Waals surface area contributed by atoms with Crippen LogP contribution >= 0.6 is 0 Å². The molecule has 8 heteroatoms. The Morgan fingerprint density at radius 2 is 1.82 bits per heavy atom. The van der Waals surface area contributed by atoms with E-state index in [1.807, 2.05) is 0 Å². The highest BCUT2D eigenvalue weighted by atomic mass is 19.1. The normalized spacial score (nSPS) is 11.1. The molecule has 4 rings (SSSR count). The Hall–Kier alpha value is -3.78. The van der Waals surface area contributed by atoms with Crippen molar-refractivity contribution in [3.63, 3.8) is 0 Å². The molecule has 4 aromatic rings. The van der Waals surface area contributed by atoms with Crippen molar-refractivity contribution in [2.45, 2.75) is 26.5 Å². The molecule has 0 saturated carbocycles. The maximum Gasteiger partial charge on any atom is 0.310 e. The molecule has 0 spiro atoms. The average molecular weight is 469 g/mol. The molecule has 1 aromatic heterocycles. The van der Waals surface area contributed by atoms with Gasteiger partial charge >= 0.3 is 5.97 Å². The van der Waals surface area contributed by atoms with E-state index in [9.17, 15) is 13.6 Å². The molecule has 0 unspecified atom stereocenters. The van der Waals surface area contributed by atoms with E-state index in [0.29, 0.717) is 27.6 Å². The molecule has 0 amide bonds. The zero-order chi connectivity index (χ0) is 24.2. The van der Waals surface area contributed by atoms with E-state index in [2.05, 4.69) is 0 Å². The van der Waals surface area contributed by atoms with Crippen LogP contribution in [0.15, 0.2) is 59.0 Å². The van der Waals surface area contributed by atoms with Crippen molar-refractivity contribution >= 4 is 16.9 Å². The third kappa shape index (κ3) is 4.92. The lowest BCUT2D eigenvalue weighted by atomic mass is 9.98. The summed E-state index contributed by atoms with van der Waals surface area (Å²) in [6.45, 7) is 1.87. The van der Waals surface area contributed by atoms with E-state index in [-0.39, 0.29) is 43.1 Å². The molecule has 0 bridgehead atoms. The fourth-order valence-electron chi connectivity index (χ4n) is 3.75. The van der Waals surface area contributed by atoms with Crippen molar-refractivity contribution < 1.29 is 31.9 Å². The SMILES string of the molecule is CCOC(=O)Cc1ccc(F)cc1OCc1cc(-c2cccc(CN)c2F)c2oc(F)cc2c1. The van der Waals surface area contributed by atoms with Gasteiger partial charge in [-0.05, 0) is 30.7 Å². The van der Waals surface area contributed by atoms with Gasteiger partial charge in [0.1, 0.15) is 29.6 Å². The molecule has 0 saturated heterocycles. The van der Waals surface area contributed by atoms with Gasteiger partial charge in [0.2, 0.25) is 0 Å². The Kier molecular flexibility index (Phi) is 6.88. The second kappa shape index (κ2) is 10.0. The summed E-state index contributed by atoms with van der Waals surface area (Å²) in [7, 11) is 0. The van der Waals surface area contributed by atoms with Crippen LogP contribution in [0.3, 0.4) is 0 Å². The molecular weight excluding hydrogens is 447 g/mol. The lowest BCUT2D eigenvalue weighted by Gasteiger charge is -2.13. The highest BCUT2D eigenvalue weighted by Gasteiger charge is 2.18. The fraction of sp³-hybridized carbons (Fsp3) is 0.192.